The molecule has 0 aromatic rings. The molecule has 0 aliphatic carbocycles. The summed E-state index contributed by atoms with van der Waals surface area (Å²) in [5.74, 6) is -3.68. The molecule has 242 valence electrons. The third-order valence-electron chi connectivity index (χ3n) is 7.00. The summed E-state index contributed by atoms with van der Waals surface area (Å²) in [6.07, 6.45) is 22.8. The second-order valence-electron chi connectivity index (χ2n) is 11.1. The minimum absolute atomic E-state index is 0.134. The molecule has 0 rings (SSSR count). The van der Waals surface area contributed by atoms with Crippen LogP contribution in [0.1, 0.15) is 155 Å². The highest BCUT2D eigenvalue weighted by atomic mass is 32.2. The Bertz CT molecular complexity index is 785. The summed E-state index contributed by atoms with van der Waals surface area (Å²) in [6, 6.07) is -1.32. The van der Waals surface area contributed by atoms with Crippen LogP contribution in [0.4, 0.5) is 0 Å². The highest BCUT2D eigenvalue weighted by molar-refractivity contribution is 7.86. The van der Waals surface area contributed by atoms with Crippen LogP contribution < -0.4 is 5.11 Å². The molecule has 0 spiro atoms. The lowest BCUT2D eigenvalue weighted by Gasteiger charge is -2.16. The van der Waals surface area contributed by atoms with Crippen LogP contribution in [0.5, 0.6) is 0 Å². The van der Waals surface area contributed by atoms with Gasteiger partial charge in [-0.2, -0.15) is 8.42 Å². The summed E-state index contributed by atoms with van der Waals surface area (Å²) in [4.78, 5) is 28.3. The lowest BCUT2D eigenvalue weighted by molar-refractivity contribution is -0.216. The number of esters is 2. The fourth-order valence-corrected chi connectivity index (χ4v) is 4.95. The number of ether oxygens (including phenoxy) is 2. The molecule has 0 saturated heterocycles. The maximum Gasteiger partial charge on any atom is 0.330 e. The smallest absolute Gasteiger partial charge is 0.330 e. The van der Waals surface area contributed by atoms with E-state index in [2.05, 4.69) is 18.8 Å². The Balaban J connectivity index is 4.31. The molecule has 0 heterocycles. The molecular weight excluding hydrogens is 546 g/mol. The molecule has 0 aliphatic heterocycles. The Morgan fingerprint density at radius 1 is 0.683 bits per heavy atom. The quantitative estimate of drug-likeness (QED) is 0.0326. The highest BCUT2D eigenvalue weighted by Crippen LogP contribution is 2.13. The molecule has 1 atom stereocenters. The number of rotatable bonds is 29. The van der Waals surface area contributed by atoms with Crippen LogP contribution in [-0.2, 0) is 29.2 Å². The van der Waals surface area contributed by atoms with Gasteiger partial charge in [0.05, 0.1) is 13.2 Å². The third-order valence-corrected chi connectivity index (χ3v) is 7.61. The van der Waals surface area contributed by atoms with Gasteiger partial charge in [0.25, 0.3) is 10.1 Å². The number of nitrogens with zero attached hydrogens (tertiary/aromatic N) is 1. The molecule has 0 aromatic heterocycles. The monoisotopic (exact) mass is 604 g/mol. The number of unbranched alkanes of at least 4 members (excludes halogenated alkanes) is 18. The Kier molecular flexibility index (Phi) is 26.1. The normalized spacial score (nSPS) is 12.8. The van der Waals surface area contributed by atoms with Gasteiger partial charge >= 0.3 is 11.9 Å². The van der Waals surface area contributed by atoms with Gasteiger partial charge in [-0.1, -0.05) is 129 Å². The van der Waals surface area contributed by atoms with E-state index < -0.39 is 39.7 Å². The van der Waals surface area contributed by atoms with Crippen LogP contribution in [0.25, 0.3) is 0 Å². The lowest BCUT2D eigenvalue weighted by Crippen LogP contribution is -2.32. The topological polar surface area (TPSA) is 142 Å². The summed E-state index contributed by atoms with van der Waals surface area (Å²) in [7, 11) is -4.58. The largest absolute Gasteiger partial charge is 0.861 e. The van der Waals surface area contributed by atoms with Gasteiger partial charge < -0.3 is 14.6 Å². The van der Waals surface area contributed by atoms with Crippen molar-refractivity contribution in [3.8, 4) is 0 Å². The van der Waals surface area contributed by atoms with Gasteiger partial charge in [-0.15, -0.1) is 0 Å². The zero-order chi connectivity index (χ0) is 30.6. The Morgan fingerprint density at radius 2 is 1.07 bits per heavy atom. The highest BCUT2D eigenvalue weighted by Gasteiger charge is 2.21. The summed E-state index contributed by atoms with van der Waals surface area (Å²) < 4.78 is 41.4. The first-order valence-electron chi connectivity index (χ1n) is 16.2. The van der Waals surface area contributed by atoms with E-state index >= 15 is 0 Å². The van der Waals surface area contributed by atoms with E-state index in [0.29, 0.717) is 13.0 Å². The second kappa shape index (κ2) is 27.2. The van der Waals surface area contributed by atoms with Crippen LogP contribution in [0.2, 0.25) is 0 Å². The van der Waals surface area contributed by atoms with Crippen LogP contribution in [0, 0.1) is 0 Å². The van der Waals surface area contributed by atoms with E-state index in [9.17, 15) is 23.1 Å². The van der Waals surface area contributed by atoms with Gasteiger partial charge in [-0.05, 0) is 25.2 Å². The van der Waals surface area contributed by atoms with Gasteiger partial charge in [0, 0.05) is 6.42 Å². The minimum Gasteiger partial charge on any atom is -0.861 e. The van der Waals surface area contributed by atoms with E-state index in [1.807, 2.05) is 0 Å². The van der Waals surface area contributed by atoms with Crippen molar-refractivity contribution in [1.82, 2.24) is 0 Å². The summed E-state index contributed by atoms with van der Waals surface area (Å²) in [6.45, 7) is 4.87. The molecule has 41 heavy (non-hydrogen) atoms. The number of hydrogen-bond acceptors (Lipinski definition) is 8. The van der Waals surface area contributed by atoms with E-state index in [1.54, 1.807) is 0 Å². The van der Waals surface area contributed by atoms with E-state index in [1.165, 1.54) is 83.5 Å². The van der Waals surface area contributed by atoms with Gasteiger partial charge in [-0.3, -0.25) is 14.3 Å². The van der Waals surface area contributed by atoms with E-state index in [-0.39, 0.29) is 19.4 Å². The molecule has 0 fully saturated rings. The zero-order valence-corrected chi connectivity index (χ0v) is 26.7. The Labute approximate surface area is 250 Å². The van der Waals surface area contributed by atoms with Crippen LogP contribution in [-0.4, -0.2) is 55.8 Å². The van der Waals surface area contributed by atoms with E-state index in [4.69, 9.17) is 14.0 Å². The lowest BCUT2D eigenvalue weighted by atomic mass is 10.1. The molecule has 0 radical (unpaired) electrons. The van der Waals surface area contributed by atoms with Gasteiger partial charge in [0.1, 0.15) is 11.8 Å². The molecule has 1 N–H and O–H groups in total. The van der Waals surface area contributed by atoms with Crippen molar-refractivity contribution in [2.75, 3.05) is 19.0 Å². The van der Waals surface area contributed by atoms with Crippen molar-refractivity contribution in [3.05, 3.63) is 0 Å². The molecule has 0 aromatic carbocycles. The Hall–Kier alpha value is -1.68. The first-order chi connectivity index (χ1) is 19.7. The fourth-order valence-electron chi connectivity index (χ4n) is 4.56. The SMILES string of the molecule is CCCCCCCCCCCCOC(=O)CCC(N=C([O-])CS(=O)(=O)O)C(=O)OCCCCCCCCCCCC. The average Bonchev–Trinajstić information content (AvgIpc) is 2.91. The Morgan fingerprint density at radius 3 is 1.49 bits per heavy atom. The maximum atomic E-state index is 12.5. The van der Waals surface area contributed by atoms with Crippen molar-refractivity contribution in [2.45, 2.75) is 161 Å². The van der Waals surface area contributed by atoms with Crippen LogP contribution in [0.3, 0.4) is 0 Å². The maximum absolute atomic E-state index is 12.5. The molecule has 0 saturated carbocycles. The molecule has 0 aliphatic rings. The van der Waals surface area contributed by atoms with Gasteiger partial charge in [-0.25, -0.2) is 4.79 Å². The predicted molar refractivity (Wildman–Crippen MR) is 162 cm³/mol. The van der Waals surface area contributed by atoms with Crippen molar-refractivity contribution in [1.29, 1.82) is 0 Å². The molecule has 10 heteroatoms. The zero-order valence-electron chi connectivity index (χ0n) is 25.9. The van der Waals surface area contributed by atoms with Gasteiger partial charge in [0.15, 0.2) is 0 Å². The number of carbonyl (C=O) groups is 2. The van der Waals surface area contributed by atoms with Gasteiger partial charge in [0.2, 0.25) is 0 Å². The van der Waals surface area contributed by atoms with Crippen molar-refractivity contribution in [2.24, 2.45) is 4.99 Å². The summed E-state index contributed by atoms with van der Waals surface area (Å²) >= 11 is 0. The predicted octanol–water partition coefficient (Wildman–Crippen LogP) is 6.71. The summed E-state index contributed by atoms with van der Waals surface area (Å²) in [5.41, 5.74) is 0. The van der Waals surface area contributed by atoms with Crippen molar-refractivity contribution in [3.63, 3.8) is 0 Å². The summed E-state index contributed by atoms with van der Waals surface area (Å²) in [5, 5.41) is 11.9. The van der Waals surface area contributed by atoms with Crippen LogP contribution >= 0.6 is 0 Å². The molecule has 0 bridgehead atoms. The van der Waals surface area contributed by atoms with Crippen LogP contribution in [0.15, 0.2) is 4.99 Å². The number of carbonyl (C=O) groups excluding carboxylic acids is 2. The number of aliphatic imine (C=N–C) groups is 1. The standard InChI is InChI=1S/C31H59NO8S/c1-3-5-7-9-11-13-15-17-19-21-25-39-30(34)24-23-28(32-29(33)27-41(36,37)38)31(35)40-26-22-20-18-16-14-12-10-8-6-4-2/h28H,3-27H2,1-2H3,(H,32,33)(H,36,37,38)/p-1. The van der Waals surface area contributed by atoms with Crippen molar-refractivity contribution >= 4 is 28.0 Å². The van der Waals surface area contributed by atoms with E-state index in [0.717, 1.165) is 38.5 Å². The first kappa shape index (κ1) is 39.3. The first-order valence-corrected chi connectivity index (χ1v) is 17.8. The fraction of sp³-hybridized carbons (Fsp3) is 0.903. The third kappa shape index (κ3) is 28.2. The average molecular weight is 605 g/mol. The molecular formula is C31H58NO8S-. The molecule has 1 unspecified atom stereocenters. The van der Waals surface area contributed by atoms with Crippen molar-refractivity contribution < 1.29 is 37.1 Å². The second-order valence-corrected chi connectivity index (χ2v) is 12.5. The number of hydrogen-bond donors (Lipinski definition) is 1. The minimum atomic E-state index is -4.58. The molecule has 9 nitrogen and oxygen atoms in total. The molecule has 0 amide bonds.